The third kappa shape index (κ3) is 3.62. The van der Waals surface area contributed by atoms with Gasteiger partial charge in [-0.1, -0.05) is 30.3 Å². The van der Waals surface area contributed by atoms with Crippen LogP contribution >= 0.6 is 0 Å². The van der Waals surface area contributed by atoms with E-state index >= 15 is 0 Å². The minimum atomic E-state index is -3.59. The Bertz CT molecular complexity index is 740. The van der Waals surface area contributed by atoms with Gasteiger partial charge in [-0.3, -0.25) is 4.72 Å². The van der Waals surface area contributed by atoms with Gasteiger partial charge in [0.25, 0.3) is 10.0 Å². The first-order valence-corrected chi connectivity index (χ1v) is 8.25. The van der Waals surface area contributed by atoms with Gasteiger partial charge in [0.05, 0.1) is 10.6 Å². The molecule has 2 rings (SSSR count). The zero-order valence-corrected chi connectivity index (χ0v) is 13.3. The number of para-hydroxylation sites is 1. The maximum absolute atomic E-state index is 12.6. The minimum absolute atomic E-state index is 0.318. The molecule has 0 spiro atoms. The Labute approximate surface area is 126 Å². The molecule has 0 aliphatic rings. The second-order valence-corrected chi connectivity index (χ2v) is 6.70. The Morgan fingerprint density at radius 1 is 1.00 bits per heavy atom. The molecular weight excluding hydrogens is 284 g/mol. The summed E-state index contributed by atoms with van der Waals surface area (Å²) in [4.78, 5) is 0.318. The molecule has 0 amide bonds. The van der Waals surface area contributed by atoms with E-state index in [4.69, 9.17) is 0 Å². The van der Waals surface area contributed by atoms with Crippen molar-refractivity contribution in [1.29, 1.82) is 0 Å². The molecule has 0 atom stereocenters. The quantitative estimate of drug-likeness (QED) is 0.893. The molecule has 0 bridgehead atoms. The third-order valence-electron chi connectivity index (χ3n) is 3.31. The van der Waals surface area contributed by atoms with Crippen molar-refractivity contribution in [3.63, 3.8) is 0 Å². The number of sulfonamides is 1. The van der Waals surface area contributed by atoms with E-state index in [1.807, 2.05) is 44.3 Å². The summed E-state index contributed by atoms with van der Waals surface area (Å²) in [6.07, 6.45) is 0. The van der Waals surface area contributed by atoms with Crippen LogP contribution in [0.15, 0.2) is 47.4 Å². The second kappa shape index (κ2) is 6.28. The van der Waals surface area contributed by atoms with Crippen LogP contribution in [0.1, 0.15) is 16.7 Å². The van der Waals surface area contributed by atoms with Crippen LogP contribution in [0.4, 0.5) is 5.69 Å². The molecule has 4 nitrogen and oxygen atoms in total. The SMILES string of the molecule is CNCc1ccc(C)c(S(=O)(=O)Nc2ccccc2C)c1. The van der Waals surface area contributed by atoms with E-state index in [0.717, 1.165) is 16.7 Å². The highest BCUT2D eigenvalue weighted by Crippen LogP contribution is 2.22. The van der Waals surface area contributed by atoms with Gasteiger partial charge in [0.15, 0.2) is 0 Å². The number of benzene rings is 2. The number of hydrogen-bond acceptors (Lipinski definition) is 3. The summed E-state index contributed by atoms with van der Waals surface area (Å²) in [5.74, 6) is 0. The van der Waals surface area contributed by atoms with Crippen LogP contribution in [0.5, 0.6) is 0 Å². The maximum atomic E-state index is 12.6. The molecule has 2 aromatic carbocycles. The number of rotatable bonds is 5. The summed E-state index contributed by atoms with van der Waals surface area (Å²) >= 11 is 0. The van der Waals surface area contributed by atoms with E-state index in [-0.39, 0.29) is 0 Å². The average molecular weight is 304 g/mol. The molecule has 0 aromatic heterocycles. The normalized spacial score (nSPS) is 11.4. The Hall–Kier alpha value is -1.85. The zero-order chi connectivity index (χ0) is 15.5. The zero-order valence-electron chi connectivity index (χ0n) is 12.5. The van der Waals surface area contributed by atoms with Gasteiger partial charge >= 0.3 is 0 Å². The van der Waals surface area contributed by atoms with Gasteiger partial charge in [-0.15, -0.1) is 0 Å². The summed E-state index contributed by atoms with van der Waals surface area (Å²) in [6, 6.07) is 12.8. The van der Waals surface area contributed by atoms with Crippen molar-refractivity contribution in [2.45, 2.75) is 25.3 Å². The third-order valence-corrected chi connectivity index (χ3v) is 4.82. The molecule has 0 saturated heterocycles. The summed E-state index contributed by atoms with van der Waals surface area (Å²) in [7, 11) is -1.75. The molecule has 0 fully saturated rings. The molecule has 5 heteroatoms. The smallest absolute Gasteiger partial charge is 0.262 e. The molecule has 0 saturated carbocycles. The molecule has 2 aromatic rings. The number of hydrogen-bond donors (Lipinski definition) is 2. The molecule has 0 aliphatic heterocycles. The highest BCUT2D eigenvalue weighted by Gasteiger charge is 2.18. The van der Waals surface area contributed by atoms with Gasteiger partial charge in [0.1, 0.15) is 0 Å². The molecule has 112 valence electrons. The van der Waals surface area contributed by atoms with Crippen LogP contribution in [0.25, 0.3) is 0 Å². The van der Waals surface area contributed by atoms with Crippen LogP contribution in [0.3, 0.4) is 0 Å². The number of anilines is 1. The van der Waals surface area contributed by atoms with Crippen LogP contribution < -0.4 is 10.0 Å². The van der Waals surface area contributed by atoms with Crippen LogP contribution in [0.2, 0.25) is 0 Å². The van der Waals surface area contributed by atoms with Gasteiger partial charge in [0, 0.05) is 6.54 Å². The summed E-state index contributed by atoms with van der Waals surface area (Å²) < 4.78 is 27.9. The van der Waals surface area contributed by atoms with Crippen molar-refractivity contribution >= 4 is 15.7 Å². The largest absolute Gasteiger partial charge is 0.316 e. The molecule has 0 radical (unpaired) electrons. The first-order valence-electron chi connectivity index (χ1n) is 6.76. The van der Waals surface area contributed by atoms with Crippen molar-refractivity contribution in [3.8, 4) is 0 Å². The molecule has 0 unspecified atom stereocenters. The predicted molar refractivity (Wildman–Crippen MR) is 85.9 cm³/mol. The van der Waals surface area contributed by atoms with Crippen molar-refractivity contribution in [2.24, 2.45) is 0 Å². The van der Waals surface area contributed by atoms with Crippen LogP contribution in [-0.2, 0) is 16.6 Å². The fourth-order valence-electron chi connectivity index (χ4n) is 2.14. The number of nitrogens with one attached hydrogen (secondary N) is 2. The van der Waals surface area contributed by atoms with Crippen molar-refractivity contribution < 1.29 is 8.42 Å². The Kier molecular flexibility index (Phi) is 4.65. The van der Waals surface area contributed by atoms with Crippen molar-refractivity contribution in [1.82, 2.24) is 5.32 Å². The number of aryl methyl sites for hydroxylation is 2. The predicted octanol–water partition coefficient (Wildman–Crippen LogP) is 2.82. The molecule has 21 heavy (non-hydrogen) atoms. The summed E-state index contributed by atoms with van der Waals surface area (Å²) in [5.41, 5.74) is 3.17. The van der Waals surface area contributed by atoms with Crippen molar-refractivity contribution in [2.75, 3.05) is 11.8 Å². The molecule has 2 N–H and O–H groups in total. The lowest BCUT2D eigenvalue weighted by atomic mass is 10.1. The molecule has 0 heterocycles. The van der Waals surface area contributed by atoms with Crippen molar-refractivity contribution in [3.05, 3.63) is 59.2 Å². The lowest BCUT2D eigenvalue weighted by molar-refractivity contribution is 0.600. The first kappa shape index (κ1) is 15.5. The van der Waals surface area contributed by atoms with Gasteiger partial charge < -0.3 is 5.32 Å². The standard InChI is InChI=1S/C16H20N2O2S/c1-12-6-4-5-7-15(12)18-21(19,20)16-10-14(11-17-3)9-8-13(16)2/h4-10,17-18H,11H2,1-3H3. The monoisotopic (exact) mass is 304 g/mol. The van der Waals surface area contributed by atoms with Gasteiger partial charge in [-0.2, -0.15) is 0 Å². The lowest BCUT2D eigenvalue weighted by Crippen LogP contribution is -2.16. The van der Waals surface area contributed by atoms with Crippen LogP contribution in [-0.4, -0.2) is 15.5 Å². The van der Waals surface area contributed by atoms with E-state index in [9.17, 15) is 8.42 Å². The van der Waals surface area contributed by atoms with Gasteiger partial charge in [-0.25, -0.2) is 8.42 Å². The highest BCUT2D eigenvalue weighted by molar-refractivity contribution is 7.92. The summed E-state index contributed by atoms with van der Waals surface area (Å²) in [5, 5.41) is 3.03. The van der Waals surface area contributed by atoms with E-state index in [1.54, 1.807) is 19.1 Å². The topological polar surface area (TPSA) is 58.2 Å². The molecular formula is C16H20N2O2S. The maximum Gasteiger partial charge on any atom is 0.262 e. The molecule has 0 aliphatic carbocycles. The highest BCUT2D eigenvalue weighted by atomic mass is 32.2. The summed E-state index contributed by atoms with van der Waals surface area (Å²) in [6.45, 7) is 4.31. The fraction of sp³-hybridized carbons (Fsp3) is 0.250. The van der Waals surface area contributed by atoms with Crippen LogP contribution in [0, 0.1) is 13.8 Å². The average Bonchev–Trinajstić information content (AvgIpc) is 2.43. The second-order valence-electron chi connectivity index (χ2n) is 5.05. The Balaban J connectivity index is 2.40. The van der Waals surface area contributed by atoms with E-state index < -0.39 is 10.0 Å². The van der Waals surface area contributed by atoms with Gasteiger partial charge in [-0.05, 0) is 49.7 Å². The first-order chi connectivity index (χ1) is 9.94. The lowest BCUT2D eigenvalue weighted by Gasteiger charge is -2.13. The fourth-order valence-corrected chi connectivity index (χ4v) is 3.56. The minimum Gasteiger partial charge on any atom is -0.316 e. The Morgan fingerprint density at radius 3 is 2.38 bits per heavy atom. The Morgan fingerprint density at radius 2 is 1.71 bits per heavy atom. The van der Waals surface area contributed by atoms with Gasteiger partial charge in [0.2, 0.25) is 0 Å². The van der Waals surface area contributed by atoms with E-state index in [0.29, 0.717) is 17.1 Å². The van der Waals surface area contributed by atoms with E-state index in [1.165, 1.54) is 0 Å². The van der Waals surface area contributed by atoms with E-state index in [2.05, 4.69) is 10.0 Å².